The van der Waals surface area contributed by atoms with Crippen molar-refractivity contribution in [2.45, 2.75) is 13.8 Å². The Morgan fingerprint density at radius 3 is 2.26 bits per heavy atom. The average Bonchev–Trinajstić information content (AvgIpc) is 3.24. The first-order chi connectivity index (χ1) is 15.0. The van der Waals surface area contributed by atoms with Gasteiger partial charge in [-0.3, -0.25) is 4.79 Å². The second-order valence-electron chi connectivity index (χ2n) is 7.19. The molecule has 0 N–H and O–H groups in total. The zero-order valence-electron chi connectivity index (χ0n) is 17.3. The maximum atomic E-state index is 12.6. The summed E-state index contributed by atoms with van der Waals surface area (Å²) < 4.78 is 6.84. The Balaban J connectivity index is 1.64. The van der Waals surface area contributed by atoms with Gasteiger partial charge in [0.25, 0.3) is 5.82 Å². The summed E-state index contributed by atoms with van der Waals surface area (Å²) in [5, 5.41) is 4.41. The van der Waals surface area contributed by atoms with Crippen LogP contribution in [0.25, 0.3) is 17.1 Å². The van der Waals surface area contributed by atoms with Gasteiger partial charge < -0.3 is 4.74 Å². The van der Waals surface area contributed by atoms with Gasteiger partial charge in [0.15, 0.2) is 18.2 Å². The summed E-state index contributed by atoms with van der Waals surface area (Å²) in [5.41, 5.74) is 4.21. The van der Waals surface area contributed by atoms with Crippen LogP contribution >= 0.6 is 0 Å². The number of hydrogen-bond acceptors (Lipinski definition) is 5. The van der Waals surface area contributed by atoms with Gasteiger partial charge in [-0.25, -0.2) is 14.5 Å². The Labute approximate surface area is 180 Å². The molecule has 6 heteroatoms. The summed E-state index contributed by atoms with van der Waals surface area (Å²) in [6.07, 6.45) is 0. The number of benzene rings is 3. The number of esters is 1. The number of rotatable bonds is 6. The van der Waals surface area contributed by atoms with Crippen molar-refractivity contribution in [3.63, 3.8) is 0 Å². The normalized spacial score (nSPS) is 10.6. The first kappa shape index (κ1) is 20.2. The van der Waals surface area contributed by atoms with Crippen molar-refractivity contribution in [1.29, 1.82) is 0 Å². The molecule has 0 saturated carbocycles. The third kappa shape index (κ3) is 4.43. The molecular weight excluding hydrogens is 390 g/mol. The molecule has 154 valence electrons. The standard InChI is InChI=1S/C25H21N3O3/c1-17-12-14-20(15-13-17)24-26-23(27-28(24)21-11-7-6-8-18(21)2)25(30)31-16-22(29)19-9-4-3-5-10-19/h3-15H,16H2,1-2H3. The van der Waals surface area contributed by atoms with Crippen molar-refractivity contribution in [3.05, 3.63) is 101 Å². The molecule has 0 radical (unpaired) electrons. The Morgan fingerprint density at radius 1 is 0.871 bits per heavy atom. The molecule has 0 aliphatic carbocycles. The average molecular weight is 411 g/mol. The summed E-state index contributed by atoms with van der Waals surface area (Å²) in [5.74, 6) is -0.605. The maximum absolute atomic E-state index is 12.6. The zero-order chi connectivity index (χ0) is 21.8. The highest BCUT2D eigenvalue weighted by molar-refractivity contribution is 5.98. The summed E-state index contributed by atoms with van der Waals surface area (Å²) in [6.45, 7) is 3.59. The van der Waals surface area contributed by atoms with E-state index in [1.165, 1.54) is 0 Å². The van der Waals surface area contributed by atoms with E-state index in [-0.39, 0.29) is 18.2 Å². The second-order valence-corrected chi connectivity index (χ2v) is 7.19. The van der Waals surface area contributed by atoms with Crippen LogP contribution in [0.1, 0.15) is 32.1 Å². The second kappa shape index (κ2) is 8.75. The van der Waals surface area contributed by atoms with Crippen molar-refractivity contribution < 1.29 is 14.3 Å². The van der Waals surface area contributed by atoms with Gasteiger partial charge in [-0.1, -0.05) is 78.4 Å². The lowest BCUT2D eigenvalue weighted by atomic mass is 10.1. The largest absolute Gasteiger partial charge is 0.451 e. The predicted octanol–water partition coefficient (Wildman–Crippen LogP) is 4.59. The molecule has 4 aromatic rings. The van der Waals surface area contributed by atoms with Gasteiger partial charge in [0.2, 0.25) is 0 Å². The molecule has 0 unspecified atom stereocenters. The summed E-state index contributed by atoms with van der Waals surface area (Å²) in [6, 6.07) is 24.2. The Kier molecular flexibility index (Phi) is 5.71. The van der Waals surface area contributed by atoms with Crippen molar-refractivity contribution >= 4 is 11.8 Å². The molecule has 0 bridgehead atoms. The number of ether oxygens (including phenoxy) is 1. The first-order valence-corrected chi connectivity index (χ1v) is 9.88. The lowest BCUT2D eigenvalue weighted by Gasteiger charge is -2.08. The molecule has 3 aromatic carbocycles. The summed E-state index contributed by atoms with van der Waals surface area (Å²) in [4.78, 5) is 29.3. The van der Waals surface area contributed by atoms with Crippen molar-refractivity contribution in [2.24, 2.45) is 0 Å². The molecular formula is C25H21N3O3. The van der Waals surface area contributed by atoms with E-state index in [9.17, 15) is 9.59 Å². The fraction of sp³-hybridized carbons (Fsp3) is 0.120. The topological polar surface area (TPSA) is 74.1 Å². The number of aryl methyl sites for hydroxylation is 2. The van der Waals surface area contributed by atoms with E-state index in [1.54, 1.807) is 28.9 Å². The zero-order valence-corrected chi connectivity index (χ0v) is 17.3. The molecule has 31 heavy (non-hydrogen) atoms. The highest BCUT2D eigenvalue weighted by Crippen LogP contribution is 2.23. The van der Waals surface area contributed by atoms with Crippen LogP contribution in [0.2, 0.25) is 0 Å². The van der Waals surface area contributed by atoms with E-state index in [1.807, 2.05) is 68.4 Å². The van der Waals surface area contributed by atoms with Gasteiger partial charge >= 0.3 is 5.97 Å². The van der Waals surface area contributed by atoms with E-state index < -0.39 is 5.97 Å². The predicted molar refractivity (Wildman–Crippen MR) is 117 cm³/mol. The third-order valence-electron chi connectivity index (χ3n) is 4.87. The van der Waals surface area contributed by atoms with Crippen LogP contribution in [-0.4, -0.2) is 33.1 Å². The molecule has 0 fully saturated rings. The molecule has 4 rings (SSSR count). The van der Waals surface area contributed by atoms with E-state index in [4.69, 9.17) is 4.74 Å². The number of para-hydroxylation sites is 1. The summed E-state index contributed by atoms with van der Waals surface area (Å²) >= 11 is 0. The van der Waals surface area contributed by atoms with Gasteiger partial charge in [-0.05, 0) is 25.5 Å². The lowest BCUT2D eigenvalue weighted by molar-refractivity contribution is 0.0462. The van der Waals surface area contributed by atoms with Gasteiger partial charge in [-0.2, -0.15) is 0 Å². The number of carbonyl (C=O) groups is 2. The van der Waals surface area contributed by atoms with Gasteiger partial charge in [-0.15, -0.1) is 5.10 Å². The third-order valence-corrected chi connectivity index (χ3v) is 4.87. The first-order valence-electron chi connectivity index (χ1n) is 9.88. The monoisotopic (exact) mass is 411 g/mol. The van der Waals surface area contributed by atoms with Crippen LogP contribution in [-0.2, 0) is 4.74 Å². The highest BCUT2D eigenvalue weighted by Gasteiger charge is 2.21. The SMILES string of the molecule is Cc1ccc(-c2nc(C(=O)OCC(=O)c3ccccc3)nn2-c2ccccc2C)cc1. The number of ketones is 1. The quantitative estimate of drug-likeness (QED) is 0.343. The number of aromatic nitrogens is 3. The van der Waals surface area contributed by atoms with E-state index >= 15 is 0 Å². The minimum atomic E-state index is -0.745. The number of nitrogens with zero attached hydrogens (tertiary/aromatic N) is 3. The van der Waals surface area contributed by atoms with Crippen LogP contribution in [0.3, 0.4) is 0 Å². The number of Topliss-reactive ketones (excluding diaryl/α,β-unsaturated/α-hetero) is 1. The van der Waals surface area contributed by atoms with Crippen molar-refractivity contribution in [3.8, 4) is 17.1 Å². The molecule has 0 saturated heterocycles. The van der Waals surface area contributed by atoms with Crippen molar-refractivity contribution in [2.75, 3.05) is 6.61 Å². The van der Waals surface area contributed by atoms with Crippen LogP contribution < -0.4 is 0 Å². The van der Waals surface area contributed by atoms with Crippen LogP contribution in [0.5, 0.6) is 0 Å². The van der Waals surface area contributed by atoms with E-state index in [0.29, 0.717) is 11.4 Å². The van der Waals surface area contributed by atoms with Crippen molar-refractivity contribution in [1.82, 2.24) is 14.8 Å². The summed E-state index contributed by atoms with van der Waals surface area (Å²) in [7, 11) is 0. The minimum Gasteiger partial charge on any atom is -0.451 e. The molecule has 0 atom stereocenters. The number of hydrogen-bond donors (Lipinski definition) is 0. The Hall–Kier alpha value is -4.06. The minimum absolute atomic E-state index is 0.0975. The van der Waals surface area contributed by atoms with Gasteiger partial charge in [0.1, 0.15) is 0 Å². The molecule has 0 amide bonds. The van der Waals surface area contributed by atoms with Gasteiger partial charge in [0.05, 0.1) is 5.69 Å². The fourth-order valence-electron chi connectivity index (χ4n) is 3.16. The Morgan fingerprint density at radius 2 is 1.55 bits per heavy atom. The van der Waals surface area contributed by atoms with E-state index in [0.717, 1.165) is 22.4 Å². The molecule has 6 nitrogen and oxygen atoms in total. The smallest absolute Gasteiger partial charge is 0.378 e. The van der Waals surface area contributed by atoms with Crippen LogP contribution in [0.15, 0.2) is 78.9 Å². The highest BCUT2D eigenvalue weighted by atomic mass is 16.5. The molecule has 0 spiro atoms. The maximum Gasteiger partial charge on any atom is 0.378 e. The van der Waals surface area contributed by atoms with E-state index in [2.05, 4.69) is 10.1 Å². The molecule has 1 aromatic heterocycles. The lowest BCUT2D eigenvalue weighted by Crippen LogP contribution is -2.15. The number of carbonyl (C=O) groups excluding carboxylic acids is 2. The van der Waals surface area contributed by atoms with Crippen LogP contribution in [0, 0.1) is 13.8 Å². The fourth-order valence-corrected chi connectivity index (χ4v) is 3.16. The Bertz CT molecular complexity index is 1230. The van der Waals surface area contributed by atoms with Gasteiger partial charge in [0, 0.05) is 11.1 Å². The molecule has 0 aliphatic heterocycles. The molecule has 1 heterocycles. The van der Waals surface area contributed by atoms with Crippen LogP contribution in [0.4, 0.5) is 0 Å². The molecule has 0 aliphatic rings.